The van der Waals surface area contributed by atoms with Crippen LogP contribution in [0.5, 0.6) is 0 Å². The summed E-state index contributed by atoms with van der Waals surface area (Å²) >= 11 is 0. The molecule has 1 aromatic carbocycles. The van der Waals surface area contributed by atoms with Gasteiger partial charge in [-0.05, 0) is 30.3 Å². The monoisotopic (exact) mass is 363 g/mol. The number of carbonyl (C=O) groups is 2. The molecule has 1 aliphatic heterocycles. The van der Waals surface area contributed by atoms with Gasteiger partial charge in [-0.15, -0.1) is 0 Å². The number of nitrogens with one attached hydrogen (secondary N) is 1. The van der Waals surface area contributed by atoms with Crippen molar-refractivity contribution in [3.05, 3.63) is 53.9 Å². The summed E-state index contributed by atoms with van der Waals surface area (Å²) in [5.41, 5.74) is 0.571. The van der Waals surface area contributed by atoms with Crippen LogP contribution in [-0.2, 0) is 10.0 Å². The van der Waals surface area contributed by atoms with Crippen molar-refractivity contribution in [2.75, 3.05) is 26.2 Å². The van der Waals surface area contributed by atoms with Gasteiger partial charge in [-0.1, -0.05) is 0 Å². The normalized spacial score (nSPS) is 15.9. The molecule has 3 rings (SSSR count). The molecule has 0 atom stereocenters. The van der Waals surface area contributed by atoms with Gasteiger partial charge in [-0.2, -0.15) is 4.31 Å². The average molecular weight is 363 g/mol. The number of hydrogen-bond donors (Lipinski definition) is 2. The second-order valence-electron chi connectivity index (χ2n) is 5.63. The van der Waals surface area contributed by atoms with Crippen molar-refractivity contribution >= 4 is 21.9 Å². The number of carboxylic acids is 1. The predicted octanol–water partition coefficient (Wildman–Crippen LogP) is 0.860. The van der Waals surface area contributed by atoms with E-state index < -0.39 is 16.0 Å². The Kier molecular flexibility index (Phi) is 4.60. The van der Waals surface area contributed by atoms with Crippen LogP contribution in [0, 0.1) is 0 Å². The molecular formula is C16H17N3O5S. The Morgan fingerprint density at radius 1 is 0.960 bits per heavy atom. The average Bonchev–Trinajstić information content (AvgIpc) is 3.16. The molecule has 0 saturated carbocycles. The van der Waals surface area contributed by atoms with Crippen LogP contribution in [0.4, 0.5) is 0 Å². The number of carbonyl (C=O) groups excluding carboxylic acids is 1. The maximum Gasteiger partial charge on any atom is 0.335 e. The highest BCUT2D eigenvalue weighted by atomic mass is 32.2. The first-order chi connectivity index (χ1) is 11.9. The lowest BCUT2D eigenvalue weighted by Gasteiger charge is -2.33. The summed E-state index contributed by atoms with van der Waals surface area (Å²) in [4.78, 5) is 27.6. The number of amides is 1. The van der Waals surface area contributed by atoms with Gasteiger partial charge in [-0.25, -0.2) is 13.2 Å². The van der Waals surface area contributed by atoms with Crippen LogP contribution >= 0.6 is 0 Å². The molecule has 1 amide bonds. The first-order valence-electron chi connectivity index (χ1n) is 7.65. The third-order valence-corrected chi connectivity index (χ3v) is 6.02. The number of benzene rings is 1. The van der Waals surface area contributed by atoms with Crippen molar-refractivity contribution < 1.29 is 23.1 Å². The molecule has 0 bridgehead atoms. The Labute approximate surface area is 144 Å². The second-order valence-corrected chi connectivity index (χ2v) is 7.56. The lowest BCUT2D eigenvalue weighted by atomic mass is 10.2. The zero-order chi connectivity index (χ0) is 18.0. The van der Waals surface area contributed by atoms with Gasteiger partial charge in [0.15, 0.2) is 0 Å². The van der Waals surface area contributed by atoms with Crippen molar-refractivity contribution in [2.24, 2.45) is 0 Å². The number of aromatic nitrogens is 1. The minimum Gasteiger partial charge on any atom is -0.478 e. The molecule has 2 aromatic rings. The number of carboxylic acid groups (broad SMARTS) is 1. The van der Waals surface area contributed by atoms with Gasteiger partial charge >= 0.3 is 5.97 Å². The maximum atomic E-state index is 12.6. The van der Waals surface area contributed by atoms with Gasteiger partial charge in [0, 0.05) is 38.6 Å². The molecule has 132 valence electrons. The molecule has 0 aliphatic carbocycles. The van der Waals surface area contributed by atoms with E-state index in [1.807, 2.05) is 0 Å². The summed E-state index contributed by atoms with van der Waals surface area (Å²) in [5, 5.41) is 8.89. The van der Waals surface area contributed by atoms with E-state index in [0.717, 1.165) is 0 Å². The van der Waals surface area contributed by atoms with Crippen molar-refractivity contribution in [3.63, 3.8) is 0 Å². The topological polar surface area (TPSA) is 111 Å². The molecular weight excluding hydrogens is 346 g/mol. The molecule has 0 spiro atoms. The molecule has 25 heavy (non-hydrogen) atoms. The third kappa shape index (κ3) is 3.42. The third-order valence-electron chi connectivity index (χ3n) is 4.11. The van der Waals surface area contributed by atoms with Crippen LogP contribution in [0.25, 0.3) is 0 Å². The van der Waals surface area contributed by atoms with Crippen molar-refractivity contribution in [2.45, 2.75) is 4.90 Å². The summed E-state index contributed by atoms with van der Waals surface area (Å²) in [6.07, 6.45) is 3.27. The molecule has 1 fully saturated rings. The molecule has 0 radical (unpaired) electrons. The van der Waals surface area contributed by atoms with Gasteiger partial charge in [0.2, 0.25) is 10.0 Å². The number of nitrogens with zero attached hydrogens (tertiary/aromatic N) is 2. The second kappa shape index (κ2) is 6.69. The van der Waals surface area contributed by atoms with Gasteiger partial charge in [-0.3, -0.25) is 4.79 Å². The van der Waals surface area contributed by atoms with E-state index in [-0.39, 0.29) is 29.5 Å². The van der Waals surface area contributed by atoms with E-state index in [1.165, 1.54) is 28.6 Å². The summed E-state index contributed by atoms with van der Waals surface area (Å²) in [7, 11) is -3.71. The fourth-order valence-electron chi connectivity index (χ4n) is 2.69. The van der Waals surface area contributed by atoms with E-state index in [4.69, 9.17) is 5.11 Å². The number of H-pyrrole nitrogens is 1. The number of aromatic carboxylic acids is 1. The Morgan fingerprint density at radius 2 is 1.60 bits per heavy atom. The lowest BCUT2D eigenvalue weighted by Crippen LogP contribution is -2.50. The number of rotatable bonds is 4. The Bertz CT molecular complexity index is 867. The number of hydrogen-bond acceptors (Lipinski definition) is 4. The molecule has 2 N–H and O–H groups in total. The lowest BCUT2D eigenvalue weighted by molar-refractivity contribution is 0.0690. The van der Waals surface area contributed by atoms with Crippen molar-refractivity contribution in [1.82, 2.24) is 14.2 Å². The first kappa shape index (κ1) is 17.2. The zero-order valence-corrected chi connectivity index (χ0v) is 14.1. The van der Waals surface area contributed by atoms with Crippen LogP contribution in [-0.4, -0.2) is 65.8 Å². The van der Waals surface area contributed by atoms with Gasteiger partial charge < -0.3 is 15.0 Å². The Balaban J connectivity index is 1.69. The minimum absolute atomic E-state index is 0.0286. The highest BCUT2D eigenvalue weighted by Crippen LogP contribution is 2.19. The van der Waals surface area contributed by atoms with Crippen molar-refractivity contribution in [1.29, 1.82) is 0 Å². The van der Waals surface area contributed by atoms with Crippen molar-refractivity contribution in [3.8, 4) is 0 Å². The van der Waals surface area contributed by atoms with E-state index >= 15 is 0 Å². The molecule has 9 heteroatoms. The largest absolute Gasteiger partial charge is 0.478 e. The minimum atomic E-state index is -3.71. The van der Waals surface area contributed by atoms with Gasteiger partial charge in [0.1, 0.15) is 0 Å². The molecule has 1 aliphatic rings. The Morgan fingerprint density at radius 3 is 2.12 bits per heavy atom. The van der Waals surface area contributed by atoms with E-state index in [9.17, 15) is 18.0 Å². The molecule has 0 unspecified atom stereocenters. The van der Waals surface area contributed by atoms with E-state index in [0.29, 0.717) is 18.7 Å². The smallest absolute Gasteiger partial charge is 0.335 e. The quantitative estimate of drug-likeness (QED) is 0.837. The fraction of sp³-hybridized carbons (Fsp3) is 0.250. The first-order valence-corrected chi connectivity index (χ1v) is 9.09. The predicted molar refractivity (Wildman–Crippen MR) is 88.9 cm³/mol. The molecule has 1 aromatic heterocycles. The molecule has 1 saturated heterocycles. The number of aromatic amines is 1. The van der Waals surface area contributed by atoms with Gasteiger partial charge in [0.05, 0.1) is 16.0 Å². The molecule has 8 nitrogen and oxygen atoms in total. The van der Waals surface area contributed by atoms with Crippen LogP contribution in [0.15, 0.2) is 47.6 Å². The fourth-order valence-corrected chi connectivity index (χ4v) is 4.11. The summed E-state index contributed by atoms with van der Waals surface area (Å²) in [6, 6.07) is 6.78. The maximum absolute atomic E-state index is 12.6. The zero-order valence-electron chi connectivity index (χ0n) is 13.3. The van der Waals surface area contributed by atoms with Crippen LogP contribution < -0.4 is 0 Å². The SMILES string of the molecule is O=C(O)c1ccc(S(=O)(=O)N2CCN(C(=O)c3cc[nH]c3)CC2)cc1. The molecule has 2 heterocycles. The summed E-state index contributed by atoms with van der Waals surface area (Å²) < 4.78 is 26.6. The van der Waals surface area contributed by atoms with Crippen LogP contribution in [0.3, 0.4) is 0 Å². The standard InChI is InChI=1S/C16H17N3O5S/c20-15(13-5-6-17-11-13)18-7-9-19(10-8-18)25(23,24)14-3-1-12(2-4-14)16(21)22/h1-6,11,17H,7-10H2,(H,21,22). The highest BCUT2D eigenvalue weighted by molar-refractivity contribution is 7.89. The van der Waals surface area contributed by atoms with E-state index in [1.54, 1.807) is 23.4 Å². The summed E-state index contributed by atoms with van der Waals surface area (Å²) in [6.45, 7) is 0.991. The number of piperazine rings is 1. The van der Waals surface area contributed by atoms with Gasteiger partial charge in [0.25, 0.3) is 5.91 Å². The van der Waals surface area contributed by atoms with E-state index in [2.05, 4.69) is 4.98 Å². The van der Waals surface area contributed by atoms with Crippen LogP contribution in [0.2, 0.25) is 0 Å². The van der Waals surface area contributed by atoms with Crippen LogP contribution in [0.1, 0.15) is 20.7 Å². The highest BCUT2D eigenvalue weighted by Gasteiger charge is 2.30. The number of sulfonamides is 1. The summed E-state index contributed by atoms with van der Waals surface area (Å²) in [5.74, 6) is -1.25. The Hall–Kier alpha value is -2.65.